The van der Waals surface area contributed by atoms with Gasteiger partial charge in [-0.25, -0.2) is 4.98 Å². The predicted molar refractivity (Wildman–Crippen MR) is 83.8 cm³/mol. The maximum atomic E-state index is 12.3. The number of aromatic nitrogens is 1. The van der Waals surface area contributed by atoms with Crippen LogP contribution in [0, 0.1) is 18.8 Å². The first-order valence-corrected chi connectivity index (χ1v) is 7.32. The molecule has 0 spiro atoms. The molecule has 5 nitrogen and oxygen atoms in total. The molecule has 0 aliphatic rings. The lowest BCUT2D eigenvalue weighted by Gasteiger charge is -2.22. The second-order valence-electron chi connectivity index (χ2n) is 6.09. The summed E-state index contributed by atoms with van der Waals surface area (Å²) in [5.74, 6) is 0.435. The van der Waals surface area contributed by atoms with E-state index in [1.54, 1.807) is 12.3 Å². The van der Waals surface area contributed by atoms with Gasteiger partial charge >= 0.3 is 0 Å². The maximum Gasteiger partial charge on any atom is 0.248 e. The highest BCUT2D eigenvalue weighted by Crippen LogP contribution is 2.10. The molecule has 0 aliphatic heterocycles. The fraction of sp³-hybridized carbons (Fsp3) is 0.562. The van der Waals surface area contributed by atoms with E-state index in [-0.39, 0.29) is 23.7 Å². The van der Waals surface area contributed by atoms with Crippen molar-refractivity contribution in [1.29, 1.82) is 0 Å². The number of amides is 2. The molecule has 0 saturated heterocycles. The van der Waals surface area contributed by atoms with Crippen molar-refractivity contribution >= 4 is 17.6 Å². The first kappa shape index (κ1) is 17.1. The Bertz CT molecular complexity index is 498. The van der Waals surface area contributed by atoms with Crippen LogP contribution in [0.5, 0.6) is 0 Å². The minimum Gasteiger partial charge on any atom is -0.344 e. The number of hydrogen-bond donors (Lipinski definition) is 2. The first-order valence-electron chi connectivity index (χ1n) is 7.32. The lowest BCUT2D eigenvalue weighted by atomic mass is 10.0. The maximum absolute atomic E-state index is 12.3. The molecular weight excluding hydrogens is 266 g/mol. The zero-order valence-electron chi connectivity index (χ0n) is 13.4. The van der Waals surface area contributed by atoms with Gasteiger partial charge in [0.05, 0.1) is 0 Å². The number of nitrogens with zero attached hydrogens (tertiary/aromatic N) is 1. The Balaban J connectivity index is 2.71. The van der Waals surface area contributed by atoms with Gasteiger partial charge in [-0.3, -0.25) is 9.59 Å². The molecule has 0 unspecified atom stereocenters. The van der Waals surface area contributed by atoms with Crippen molar-refractivity contribution in [3.8, 4) is 0 Å². The Morgan fingerprint density at radius 1 is 1.24 bits per heavy atom. The van der Waals surface area contributed by atoms with Crippen molar-refractivity contribution in [3.05, 3.63) is 23.9 Å². The van der Waals surface area contributed by atoms with Gasteiger partial charge in [-0.15, -0.1) is 0 Å². The summed E-state index contributed by atoms with van der Waals surface area (Å²) in [5, 5.41) is 5.56. The third kappa shape index (κ3) is 5.94. The van der Waals surface area contributed by atoms with Crippen LogP contribution in [0.3, 0.4) is 0 Å². The normalized spacial score (nSPS) is 12.3. The van der Waals surface area contributed by atoms with Gasteiger partial charge < -0.3 is 10.6 Å². The van der Waals surface area contributed by atoms with Crippen LogP contribution in [0.25, 0.3) is 0 Å². The molecule has 1 aromatic heterocycles. The smallest absolute Gasteiger partial charge is 0.248 e. The number of nitrogens with one attached hydrogen (secondary N) is 2. The van der Waals surface area contributed by atoms with Crippen molar-refractivity contribution in [1.82, 2.24) is 10.3 Å². The minimum atomic E-state index is -0.557. The van der Waals surface area contributed by atoms with E-state index in [0.717, 1.165) is 5.56 Å². The Morgan fingerprint density at radius 2 is 1.90 bits per heavy atom. The molecule has 1 rings (SSSR count). The third-order valence-corrected chi connectivity index (χ3v) is 3.03. The quantitative estimate of drug-likeness (QED) is 0.846. The van der Waals surface area contributed by atoms with E-state index in [1.165, 1.54) is 0 Å². The van der Waals surface area contributed by atoms with Gasteiger partial charge in [0, 0.05) is 12.6 Å². The second kappa shape index (κ2) is 7.76. The second-order valence-corrected chi connectivity index (χ2v) is 6.09. The molecule has 0 bridgehead atoms. The molecule has 0 saturated carbocycles. The van der Waals surface area contributed by atoms with Crippen LogP contribution >= 0.6 is 0 Å². The van der Waals surface area contributed by atoms with E-state index in [2.05, 4.69) is 15.6 Å². The highest BCUT2D eigenvalue weighted by atomic mass is 16.2. The minimum absolute atomic E-state index is 0.00548. The lowest BCUT2D eigenvalue weighted by Crippen LogP contribution is -2.47. The predicted octanol–water partition coefficient (Wildman–Crippen LogP) is 2.52. The zero-order valence-corrected chi connectivity index (χ0v) is 13.4. The summed E-state index contributed by atoms with van der Waals surface area (Å²) < 4.78 is 0. The van der Waals surface area contributed by atoms with Crippen LogP contribution in [0.15, 0.2) is 18.3 Å². The fourth-order valence-electron chi connectivity index (χ4n) is 1.95. The Kier molecular flexibility index (Phi) is 6.34. The van der Waals surface area contributed by atoms with E-state index in [1.807, 2.05) is 40.7 Å². The summed E-state index contributed by atoms with van der Waals surface area (Å²) in [4.78, 5) is 28.3. The summed E-state index contributed by atoms with van der Waals surface area (Å²) in [6, 6.07) is 3.10. The molecule has 0 radical (unpaired) electrons. The number of hydrogen-bond acceptors (Lipinski definition) is 3. The molecule has 0 aromatic carbocycles. The number of rotatable bonds is 6. The fourth-order valence-corrected chi connectivity index (χ4v) is 1.95. The van der Waals surface area contributed by atoms with Gasteiger partial charge in [-0.2, -0.15) is 0 Å². The molecule has 1 heterocycles. The van der Waals surface area contributed by atoms with Crippen molar-refractivity contribution in [2.75, 3.05) is 5.32 Å². The Hall–Kier alpha value is -1.91. The molecule has 5 heteroatoms. The average molecular weight is 291 g/mol. The van der Waals surface area contributed by atoms with Crippen LogP contribution in [0.2, 0.25) is 0 Å². The number of carbonyl (C=O) groups is 2. The van der Waals surface area contributed by atoms with Crippen LogP contribution in [-0.2, 0) is 9.59 Å². The van der Waals surface area contributed by atoms with Crippen molar-refractivity contribution < 1.29 is 9.59 Å². The van der Waals surface area contributed by atoms with Gasteiger partial charge in [0.25, 0.3) is 0 Å². The zero-order chi connectivity index (χ0) is 16.0. The number of carbonyl (C=O) groups excluding carboxylic acids is 2. The molecule has 21 heavy (non-hydrogen) atoms. The van der Waals surface area contributed by atoms with E-state index >= 15 is 0 Å². The van der Waals surface area contributed by atoms with E-state index in [9.17, 15) is 9.59 Å². The molecule has 116 valence electrons. The van der Waals surface area contributed by atoms with E-state index in [4.69, 9.17) is 0 Å². The van der Waals surface area contributed by atoms with E-state index < -0.39 is 6.04 Å². The topological polar surface area (TPSA) is 71.1 Å². The van der Waals surface area contributed by atoms with Gasteiger partial charge in [-0.05, 0) is 36.5 Å². The number of aryl methyl sites for hydroxylation is 1. The molecule has 2 amide bonds. The highest BCUT2D eigenvalue weighted by molar-refractivity contribution is 5.96. The molecule has 2 N–H and O–H groups in total. The van der Waals surface area contributed by atoms with Crippen molar-refractivity contribution in [3.63, 3.8) is 0 Å². The Morgan fingerprint density at radius 3 is 2.43 bits per heavy atom. The number of anilines is 1. The molecule has 1 atom stereocenters. The summed E-state index contributed by atoms with van der Waals surface area (Å²) in [6.45, 7) is 9.69. The highest BCUT2D eigenvalue weighted by Gasteiger charge is 2.24. The summed E-state index contributed by atoms with van der Waals surface area (Å²) in [5.41, 5.74) is 1.02. The lowest BCUT2D eigenvalue weighted by molar-refractivity contribution is -0.127. The molecule has 0 fully saturated rings. The van der Waals surface area contributed by atoms with Crippen LogP contribution in [-0.4, -0.2) is 22.8 Å². The van der Waals surface area contributed by atoms with Crippen LogP contribution in [0.1, 0.15) is 39.7 Å². The summed E-state index contributed by atoms with van der Waals surface area (Å²) >= 11 is 0. The average Bonchev–Trinajstić information content (AvgIpc) is 2.34. The molecule has 1 aromatic rings. The van der Waals surface area contributed by atoms with Gasteiger partial charge in [-0.1, -0.05) is 27.7 Å². The van der Waals surface area contributed by atoms with Gasteiger partial charge in [0.15, 0.2) is 0 Å². The monoisotopic (exact) mass is 291 g/mol. The van der Waals surface area contributed by atoms with Crippen LogP contribution in [0.4, 0.5) is 5.82 Å². The van der Waals surface area contributed by atoms with Crippen molar-refractivity contribution in [2.45, 2.75) is 47.1 Å². The molecule has 0 aliphatic carbocycles. The first-order chi connectivity index (χ1) is 9.79. The standard InChI is InChI=1S/C16H25N3O2/c1-10(2)8-14(20)19-15(11(3)4)16(21)18-13-9-12(5)6-7-17-13/h6-7,9-11,15H,8H2,1-5H3,(H,19,20)(H,17,18,21)/t15-/m0/s1. The number of pyridine rings is 1. The third-order valence-electron chi connectivity index (χ3n) is 3.03. The summed E-state index contributed by atoms with van der Waals surface area (Å²) in [6.07, 6.45) is 2.06. The summed E-state index contributed by atoms with van der Waals surface area (Å²) in [7, 11) is 0. The van der Waals surface area contributed by atoms with E-state index in [0.29, 0.717) is 12.2 Å². The SMILES string of the molecule is Cc1ccnc(NC(=O)[C@@H](NC(=O)CC(C)C)C(C)C)c1. The van der Waals surface area contributed by atoms with Crippen molar-refractivity contribution in [2.24, 2.45) is 11.8 Å². The van der Waals surface area contributed by atoms with Gasteiger partial charge in [0.2, 0.25) is 11.8 Å². The van der Waals surface area contributed by atoms with Crippen LogP contribution < -0.4 is 10.6 Å². The largest absolute Gasteiger partial charge is 0.344 e. The Labute approximate surface area is 126 Å². The van der Waals surface area contributed by atoms with Gasteiger partial charge in [0.1, 0.15) is 11.9 Å². The molecular formula is C16H25N3O2.